The van der Waals surface area contributed by atoms with Gasteiger partial charge in [-0.05, 0) is 77.8 Å². The number of carbonyl (C=O) groups excluding carboxylic acids is 2. The number of aliphatic hydroxyl groups excluding tert-OH is 1. The molecule has 1 aliphatic carbocycles. The number of rotatable bonds is 8. The van der Waals surface area contributed by atoms with E-state index in [9.17, 15) is 14.7 Å². The third kappa shape index (κ3) is 8.25. The summed E-state index contributed by atoms with van der Waals surface area (Å²) < 4.78 is 5.99. The van der Waals surface area contributed by atoms with Crippen LogP contribution >= 0.6 is 0 Å². The Balaban J connectivity index is 0.00000134. The Kier molecular flexibility index (Phi) is 10.6. The van der Waals surface area contributed by atoms with Crippen LogP contribution in [0.25, 0.3) is 22.4 Å². The van der Waals surface area contributed by atoms with E-state index in [2.05, 4.69) is 48.9 Å². The molecular weight excluding hydrogens is 580 g/mol. The molecule has 0 spiro atoms. The standard InChI is InChI=1S/C35H42N4O4.C2H4O/c1-35(2,3)27-9-10-29-26(18-27)19-30-33(37-29)43-34(38-30)31(41)20-24(12-15-39-16-13-28(40)14-17-39)22-4-6-23(7-5-22)25-8-11-32(42)36-21-25;1-2-3/h4-8,11,19,21,24,27-28,40H,9-10,12-18,20H2,1-3H3,(H,36,42);2H,1H3/p+1/t24-,27-;/m0./s1. The van der Waals surface area contributed by atoms with Crippen molar-refractivity contribution >= 4 is 23.3 Å². The largest absolute Gasteiger partial charge is 0.415 e. The van der Waals surface area contributed by atoms with Crippen LogP contribution in [0.15, 0.2) is 57.9 Å². The van der Waals surface area contributed by atoms with Crippen LogP contribution in [0.2, 0.25) is 0 Å². The van der Waals surface area contributed by atoms with Crippen molar-refractivity contribution in [3.8, 4) is 11.1 Å². The van der Waals surface area contributed by atoms with E-state index in [-0.39, 0.29) is 34.7 Å². The maximum atomic E-state index is 13.7. The quantitative estimate of drug-likeness (QED) is 0.190. The summed E-state index contributed by atoms with van der Waals surface area (Å²) >= 11 is 0. The number of Topliss-reactive ketones (excluding diaryl/α,β-unsaturated/α-hetero) is 1. The number of aromatic nitrogens is 3. The summed E-state index contributed by atoms with van der Waals surface area (Å²) in [4.78, 5) is 47.6. The number of fused-ring (bicyclic) bond motifs is 2. The number of ketones is 1. The third-order valence-electron chi connectivity index (χ3n) is 9.65. The summed E-state index contributed by atoms with van der Waals surface area (Å²) in [5.74, 6) is 0.622. The first kappa shape index (κ1) is 33.4. The van der Waals surface area contributed by atoms with E-state index in [1.54, 1.807) is 6.20 Å². The first-order chi connectivity index (χ1) is 22.0. The van der Waals surface area contributed by atoms with Crippen molar-refractivity contribution < 1.29 is 24.0 Å². The monoisotopic (exact) mass is 627 g/mol. The zero-order valence-electron chi connectivity index (χ0n) is 27.5. The fourth-order valence-electron chi connectivity index (χ4n) is 6.75. The van der Waals surface area contributed by atoms with Crippen molar-refractivity contribution in [3.05, 3.63) is 81.7 Å². The number of pyridine rings is 2. The molecule has 244 valence electrons. The number of carbonyl (C=O) groups is 2. The van der Waals surface area contributed by atoms with Crippen molar-refractivity contribution in [1.82, 2.24) is 15.0 Å². The fraction of sp³-hybridized carbons (Fsp3) is 0.486. The Morgan fingerprint density at radius 1 is 1.09 bits per heavy atom. The summed E-state index contributed by atoms with van der Waals surface area (Å²) in [6.45, 7) is 11.2. The van der Waals surface area contributed by atoms with Crippen molar-refractivity contribution in [2.45, 2.75) is 84.7 Å². The number of benzene rings is 1. The summed E-state index contributed by atoms with van der Waals surface area (Å²) in [6.07, 6.45) is 8.06. The molecule has 4 heterocycles. The number of aryl methyl sites for hydroxylation is 1. The minimum Gasteiger partial charge on any atom is -0.415 e. The Morgan fingerprint density at radius 3 is 2.43 bits per heavy atom. The second kappa shape index (κ2) is 14.6. The average Bonchev–Trinajstić information content (AvgIpc) is 3.46. The van der Waals surface area contributed by atoms with Gasteiger partial charge in [0, 0.05) is 43.6 Å². The topological polar surface area (TPSA) is 131 Å². The highest BCUT2D eigenvalue weighted by Gasteiger charge is 2.31. The van der Waals surface area contributed by atoms with E-state index in [4.69, 9.17) is 14.2 Å². The smallest absolute Gasteiger partial charge is 0.265 e. The molecule has 9 nitrogen and oxygen atoms in total. The van der Waals surface area contributed by atoms with Crippen LogP contribution < -0.4 is 10.5 Å². The fourth-order valence-corrected chi connectivity index (χ4v) is 6.75. The predicted molar refractivity (Wildman–Crippen MR) is 178 cm³/mol. The number of quaternary nitrogens is 1. The van der Waals surface area contributed by atoms with Crippen LogP contribution in [0, 0.1) is 11.3 Å². The van der Waals surface area contributed by atoms with E-state index < -0.39 is 0 Å². The van der Waals surface area contributed by atoms with Crippen LogP contribution in [-0.2, 0) is 17.6 Å². The van der Waals surface area contributed by atoms with E-state index >= 15 is 0 Å². The van der Waals surface area contributed by atoms with Gasteiger partial charge in [-0.3, -0.25) is 9.59 Å². The minimum atomic E-state index is -0.195. The van der Waals surface area contributed by atoms with Gasteiger partial charge in [-0.1, -0.05) is 45.0 Å². The molecular formula is C37H47N4O5+. The highest BCUT2D eigenvalue weighted by molar-refractivity contribution is 5.94. The lowest BCUT2D eigenvalue weighted by Crippen LogP contribution is -3.13. The molecule has 3 N–H and O–H groups in total. The summed E-state index contributed by atoms with van der Waals surface area (Å²) in [7, 11) is 0. The molecule has 4 aromatic rings. The minimum absolute atomic E-state index is 0.000186. The number of oxazole rings is 1. The van der Waals surface area contributed by atoms with Crippen LogP contribution in [0.4, 0.5) is 0 Å². The Morgan fingerprint density at radius 2 is 1.78 bits per heavy atom. The van der Waals surface area contributed by atoms with Crippen molar-refractivity contribution in [1.29, 1.82) is 0 Å². The van der Waals surface area contributed by atoms with Gasteiger partial charge in [0.25, 0.3) is 5.89 Å². The molecule has 6 rings (SSSR count). The van der Waals surface area contributed by atoms with E-state index in [0.717, 1.165) is 86.8 Å². The molecule has 46 heavy (non-hydrogen) atoms. The third-order valence-corrected chi connectivity index (χ3v) is 9.65. The number of H-pyrrole nitrogens is 1. The van der Waals surface area contributed by atoms with Gasteiger partial charge in [0.05, 0.1) is 25.7 Å². The molecule has 0 bridgehead atoms. The second-order valence-electron chi connectivity index (χ2n) is 13.9. The van der Waals surface area contributed by atoms with E-state index in [1.807, 2.05) is 18.2 Å². The molecule has 1 aromatic carbocycles. The molecule has 0 unspecified atom stereocenters. The number of nitrogens with zero attached hydrogens (tertiary/aromatic N) is 2. The Hall–Kier alpha value is -3.95. The van der Waals surface area contributed by atoms with E-state index in [1.165, 1.54) is 23.5 Å². The molecule has 2 atom stereocenters. The Labute approximate surface area is 270 Å². The van der Waals surface area contributed by atoms with Crippen molar-refractivity contribution in [3.63, 3.8) is 0 Å². The normalized spacial score (nSPS) is 20.3. The highest BCUT2D eigenvalue weighted by Crippen LogP contribution is 2.37. The molecule has 0 saturated carbocycles. The lowest BCUT2D eigenvalue weighted by molar-refractivity contribution is -0.906. The molecule has 1 aliphatic heterocycles. The predicted octanol–water partition coefficient (Wildman–Crippen LogP) is 4.72. The van der Waals surface area contributed by atoms with Gasteiger partial charge >= 0.3 is 0 Å². The molecule has 0 radical (unpaired) electrons. The maximum absolute atomic E-state index is 13.7. The molecule has 9 heteroatoms. The molecule has 2 aliphatic rings. The zero-order chi connectivity index (χ0) is 32.8. The first-order valence-corrected chi connectivity index (χ1v) is 16.6. The highest BCUT2D eigenvalue weighted by atomic mass is 16.4. The molecule has 3 aromatic heterocycles. The first-order valence-electron chi connectivity index (χ1n) is 16.6. The van der Waals surface area contributed by atoms with Crippen LogP contribution in [0.3, 0.4) is 0 Å². The number of hydrogen-bond donors (Lipinski definition) is 3. The number of likely N-dealkylation sites (tertiary alicyclic amines) is 1. The zero-order valence-corrected chi connectivity index (χ0v) is 27.5. The molecule has 1 saturated heterocycles. The number of aldehydes is 1. The number of nitrogens with one attached hydrogen (secondary N) is 2. The van der Waals surface area contributed by atoms with Crippen molar-refractivity contribution in [2.24, 2.45) is 11.3 Å². The van der Waals surface area contributed by atoms with Gasteiger partial charge in [0.2, 0.25) is 17.1 Å². The summed E-state index contributed by atoms with van der Waals surface area (Å²) in [5, 5.41) is 9.94. The molecule has 1 fully saturated rings. The van der Waals surface area contributed by atoms with Gasteiger partial charge in [-0.15, -0.1) is 0 Å². The molecule has 0 amide bonds. The summed E-state index contributed by atoms with van der Waals surface area (Å²) in [5.41, 5.74) is 6.55. The number of hydrogen-bond acceptors (Lipinski definition) is 7. The van der Waals surface area contributed by atoms with E-state index in [0.29, 0.717) is 23.6 Å². The van der Waals surface area contributed by atoms with Crippen molar-refractivity contribution in [2.75, 3.05) is 19.6 Å². The van der Waals surface area contributed by atoms with Gasteiger partial charge in [-0.25, -0.2) is 9.97 Å². The van der Waals surface area contributed by atoms with Gasteiger partial charge < -0.3 is 24.2 Å². The number of aliphatic hydroxyl groups is 1. The number of aromatic amines is 1. The van der Waals surface area contributed by atoms with Crippen LogP contribution in [0.1, 0.15) is 93.2 Å². The lowest BCUT2D eigenvalue weighted by Gasteiger charge is -2.34. The van der Waals surface area contributed by atoms with Crippen LogP contribution in [-0.4, -0.2) is 57.9 Å². The van der Waals surface area contributed by atoms with Gasteiger partial charge in [-0.2, -0.15) is 0 Å². The Bertz CT molecular complexity index is 1670. The average molecular weight is 628 g/mol. The number of piperidine rings is 1. The van der Waals surface area contributed by atoms with Gasteiger partial charge in [0.1, 0.15) is 11.8 Å². The summed E-state index contributed by atoms with van der Waals surface area (Å²) in [6, 6.07) is 13.7. The SMILES string of the molecule is CC(C)(C)[C@H]1CCc2nc3oc(C(=O)C[C@H](CC[NH+]4CCC(O)CC4)c4ccc(-c5ccc(=O)[nH]c5)cc4)nc3cc2C1.CC=O. The maximum Gasteiger partial charge on any atom is 0.265 e. The van der Waals surface area contributed by atoms with Gasteiger partial charge in [0.15, 0.2) is 0 Å². The lowest BCUT2D eigenvalue weighted by atomic mass is 9.71. The second-order valence-corrected chi connectivity index (χ2v) is 13.9. The van der Waals surface area contributed by atoms with Crippen LogP contribution in [0.5, 0.6) is 0 Å².